The summed E-state index contributed by atoms with van der Waals surface area (Å²) >= 11 is 2.79. The highest BCUT2D eigenvalue weighted by atomic mass is 32.2. The molecule has 1 fully saturated rings. The number of nitrogens with two attached hydrogens (primary N) is 1. The Labute approximate surface area is 199 Å². The molecular formula is C23H25N5O3S2. The maximum atomic E-state index is 12.8. The summed E-state index contributed by atoms with van der Waals surface area (Å²) in [5, 5.41) is 12.9. The molecule has 8 nitrogen and oxygen atoms in total. The highest BCUT2D eigenvalue weighted by Crippen LogP contribution is 2.39. The van der Waals surface area contributed by atoms with Gasteiger partial charge in [0.05, 0.1) is 24.0 Å². The highest BCUT2D eigenvalue weighted by Gasteiger charge is 2.27. The Hall–Kier alpha value is -2.69. The first kappa shape index (κ1) is 22.1. The SMILES string of the molecule is NC(=O)c1c(NC(=O)CSc2nnc(-c3ccccc3)n2C[C@@H]2CCCO2)sc2c1CCC2. The number of thiophene rings is 1. The van der Waals surface area contributed by atoms with Gasteiger partial charge in [-0.15, -0.1) is 21.5 Å². The van der Waals surface area contributed by atoms with Gasteiger partial charge in [0.1, 0.15) is 5.00 Å². The second kappa shape index (κ2) is 9.66. The number of aryl methyl sites for hydroxylation is 1. The molecule has 3 N–H and O–H groups in total. The minimum absolute atomic E-state index is 0.114. The van der Waals surface area contributed by atoms with Crippen LogP contribution in [-0.2, 0) is 28.9 Å². The van der Waals surface area contributed by atoms with Gasteiger partial charge in [0, 0.05) is 17.0 Å². The van der Waals surface area contributed by atoms with Gasteiger partial charge in [-0.2, -0.15) is 0 Å². The first-order chi connectivity index (χ1) is 16.1. The molecule has 0 radical (unpaired) electrons. The summed E-state index contributed by atoms with van der Waals surface area (Å²) in [7, 11) is 0. The summed E-state index contributed by atoms with van der Waals surface area (Å²) in [5.74, 6) is 0.232. The zero-order valence-corrected chi connectivity index (χ0v) is 19.7. The van der Waals surface area contributed by atoms with Crippen molar-refractivity contribution in [3.8, 4) is 11.4 Å². The Morgan fingerprint density at radius 1 is 1.21 bits per heavy atom. The van der Waals surface area contributed by atoms with E-state index in [2.05, 4.69) is 15.5 Å². The van der Waals surface area contributed by atoms with Gasteiger partial charge < -0.3 is 15.8 Å². The molecule has 0 saturated carbocycles. The van der Waals surface area contributed by atoms with E-state index in [1.165, 1.54) is 23.1 Å². The lowest BCUT2D eigenvalue weighted by Crippen LogP contribution is -2.20. The quantitative estimate of drug-likeness (QED) is 0.474. The van der Waals surface area contributed by atoms with Crippen LogP contribution in [-0.4, -0.2) is 45.0 Å². The molecule has 0 unspecified atom stereocenters. The average molecular weight is 484 g/mol. The topological polar surface area (TPSA) is 112 Å². The maximum Gasteiger partial charge on any atom is 0.251 e. The molecule has 1 aromatic carbocycles. The van der Waals surface area contributed by atoms with Crippen LogP contribution >= 0.6 is 23.1 Å². The van der Waals surface area contributed by atoms with Crippen LogP contribution < -0.4 is 11.1 Å². The molecule has 2 amide bonds. The van der Waals surface area contributed by atoms with Crippen molar-refractivity contribution < 1.29 is 14.3 Å². The monoisotopic (exact) mass is 483 g/mol. The number of nitrogens with zero attached hydrogens (tertiary/aromatic N) is 3. The third-order valence-corrected chi connectivity index (χ3v) is 8.09. The molecule has 2 aromatic heterocycles. The highest BCUT2D eigenvalue weighted by molar-refractivity contribution is 7.99. The first-order valence-electron chi connectivity index (χ1n) is 11.1. The second-order valence-corrected chi connectivity index (χ2v) is 10.2. The van der Waals surface area contributed by atoms with Crippen LogP contribution in [0.25, 0.3) is 11.4 Å². The van der Waals surface area contributed by atoms with E-state index >= 15 is 0 Å². The van der Waals surface area contributed by atoms with Crippen LogP contribution in [0.15, 0.2) is 35.5 Å². The minimum Gasteiger partial charge on any atom is -0.376 e. The van der Waals surface area contributed by atoms with E-state index in [4.69, 9.17) is 10.5 Å². The van der Waals surface area contributed by atoms with Gasteiger partial charge in [-0.25, -0.2) is 0 Å². The van der Waals surface area contributed by atoms with E-state index < -0.39 is 5.91 Å². The van der Waals surface area contributed by atoms with Crippen molar-refractivity contribution in [1.82, 2.24) is 14.8 Å². The fourth-order valence-electron chi connectivity index (χ4n) is 4.40. The average Bonchev–Trinajstić information content (AvgIpc) is 3.58. The van der Waals surface area contributed by atoms with Crippen LogP contribution in [0, 0.1) is 0 Å². The number of hydrogen-bond donors (Lipinski definition) is 2. The summed E-state index contributed by atoms with van der Waals surface area (Å²) in [6.07, 6.45) is 4.95. The number of rotatable bonds is 8. The fraction of sp³-hybridized carbons (Fsp3) is 0.391. The Bertz CT molecular complexity index is 1170. The van der Waals surface area contributed by atoms with Crippen molar-refractivity contribution in [3.63, 3.8) is 0 Å². The van der Waals surface area contributed by atoms with E-state index in [0.29, 0.717) is 22.3 Å². The molecule has 1 saturated heterocycles. The van der Waals surface area contributed by atoms with Gasteiger partial charge in [0.2, 0.25) is 5.91 Å². The van der Waals surface area contributed by atoms with Gasteiger partial charge in [0.15, 0.2) is 11.0 Å². The van der Waals surface area contributed by atoms with Gasteiger partial charge >= 0.3 is 0 Å². The number of fused-ring (bicyclic) bond motifs is 1. The summed E-state index contributed by atoms with van der Waals surface area (Å²) in [6, 6.07) is 9.90. The Kier molecular flexibility index (Phi) is 6.48. The number of anilines is 1. The summed E-state index contributed by atoms with van der Waals surface area (Å²) in [4.78, 5) is 25.9. The third-order valence-electron chi connectivity index (χ3n) is 5.91. The van der Waals surface area contributed by atoms with Gasteiger partial charge in [-0.1, -0.05) is 42.1 Å². The third kappa shape index (κ3) is 4.68. The van der Waals surface area contributed by atoms with Crippen molar-refractivity contribution >= 4 is 39.9 Å². The number of aromatic nitrogens is 3. The standard InChI is InChI=1S/C23H25N5O3S2/c24-20(30)19-16-9-4-10-17(16)33-22(19)25-18(29)13-32-23-27-26-21(14-6-2-1-3-7-14)28(23)12-15-8-5-11-31-15/h1-3,6-7,15H,4-5,8-13H2,(H2,24,30)(H,25,29)/t15-/m0/s1. The van der Waals surface area contributed by atoms with Crippen LogP contribution in [0.2, 0.25) is 0 Å². The number of benzene rings is 1. The Morgan fingerprint density at radius 3 is 2.82 bits per heavy atom. The summed E-state index contributed by atoms with van der Waals surface area (Å²) in [6.45, 7) is 1.41. The summed E-state index contributed by atoms with van der Waals surface area (Å²) in [5.41, 5.74) is 8.05. The number of thioether (sulfide) groups is 1. The van der Waals surface area contributed by atoms with Crippen LogP contribution in [0.5, 0.6) is 0 Å². The number of carbonyl (C=O) groups is 2. The zero-order chi connectivity index (χ0) is 22.8. The minimum atomic E-state index is -0.485. The van der Waals surface area contributed by atoms with E-state index in [-0.39, 0.29) is 17.8 Å². The molecule has 3 aromatic rings. The van der Waals surface area contributed by atoms with Crippen molar-refractivity contribution in [1.29, 1.82) is 0 Å². The van der Waals surface area contributed by atoms with E-state index in [1.807, 2.05) is 34.9 Å². The molecule has 0 bridgehead atoms. The van der Waals surface area contributed by atoms with Crippen molar-refractivity contribution in [2.24, 2.45) is 5.73 Å². The molecule has 33 heavy (non-hydrogen) atoms. The molecule has 172 valence electrons. The Balaban J connectivity index is 1.32. The molecule has 5 rings (SSSR count). The van der Waals surface area contributed by atoms with Crippen molar-refractivity contribution in [2.75, 3.05) is 17.7 Å². The molecule has 1 aliphatic carbocycles. The van der Waals surface area contributed by atoms with E-state index in [0.717, 1.165) is 60.5 Å². The second-order valence-electron chi connectivity index (χ2n) is 8.18. The normalized spacial score (nSPS) is 17.3. The van der Waals surface area contributed by atoms with Gasteiger partial charge in [0.25, 0.3) is 5.91 Å². The molecular weight excluding hydrogens is 458 g/mol. The fourth-order valence-corrected chi connectivity index (χ4v) is 6.46. The van der Waals surface area contributed by atoms with Crippen molar-refractivity contribution in [3.05, 3.63) is 46.3 Å². The zero-order valence-electron chi connectivity index (χ0n) is 18.1. The van der Waals surface area contributed by atoms with E-state index in [9.17, 15) is 9.59 Å². The number of hydrogen-bond acceptors (Lipinski definition) is 7. The van der Waals surface area contributed by atoms with Crippen LogP contribution in [0.3, 0.4) is 0 Å². The predicted molar refractivity (Wildman–Crippen MR) is 129 cm³/mol. The first-order valence-corrected chi connectivity index (χ1v) is 12.9. The number of amides is 2. The molecule has 0 spiro atoms. The van der Waals surface area contributed by atoms with Crippen molar-refractivity contribution in [2.45, 2.75) is 49.9 Å². The molecule has 1 aliphatic heterocycles. The number of carbonyl (C=O) groups excluding carboxylic acids is 2. The number of primary amides is 1. The smallest absolute Gasteiger partial charge is 0.251 e. The lowest BCUT2D eigenvalue weighted by Gasteiger charge is -2.14. The Morgan fingerprint density at radius 2 is 2.06 bits per heavy atom. The lowest BCUT2D eigenvalue weighted by atomic mass is 10.1. The van der Waals surface area contributed by atoms with Crippen LogP contribution in [0.4, 0.5) is 5.00 Å². The molecule has 1 atom stereocenters. The molecule has 2 aliphatic rings. The molecule has 10 heteroatoms. The number of nitrogens with one attached hydrogen (secondary N) is 1. The van der Waals surface area contributed by atoms with Crippen LogP contribution in [0.1, 0.15) is 40.1 Å². The maximum absolute atomic E-state index is 12.8. The largest absolute Gasteiger partial charge is 0.376 e. The summed E-state index contributed by atoms with van der Waals surface area (Å²) < 4.78 is 7.87. The van der Waals surface area contributed by atoms with Gasteiger partial charge in [-0.3, -0.25) is 14.2 Å². The van der Waals surface area contributed by atoms with Gasteiger partial charge in [-0.05, 0) is 37.7 Å². The molecule has 3 heterocycles. The predicted octanol–water partition coefficient (Wildman–Crippen LogP) is 3.50. The van der Waals surface area contributed by atoms with E-state index in [1.54, 1.807) is 0 Å². The lowest BCUT2D eigenvalue weighted by molar-refractivity contribution is -0.113. The number of ether oxygens (including phenoxy) is 1.